The van der Waals surface area contributed by atoms with Crippen LogP contribution < -0.4 is 0 Å². The maximum absolute atomic E-state index is 2.30. The van der Waals surface area contributed by atoms with E-state index >= 15 is 0 Å². The molecule has 0 radical (unpaired) electrons. The summed E-state index contributed by atoms with van der Waals surface area (Å²) in [5, 5.41) is 0. The van der Waals surface area contributed by atoms with Crippen molar-refractivity contribution in [1.29, 1.82) is 0 Å². The highest BCUT2D eigenvalue weighted by molar-refractivity contribution is 5.85. The molecular formula is C40H36. The average molecular weight is 517 g/mol. The van der Waals surface area contributed by atoms with Crippen molar-refractivity contribution in [3.05, 3.63) is 168 Å². The van der Waals surface area contributed by atoms with Gasteiger partial charge >= 0.3 is 0 Å². The van der Waals surface area contributed by atoms with Crippen molar-refractivity contribution >= 4 is 0 Å². The Morgan fingerprint density at radius 3 is 0.600 bits per heavy atom. The van der Waals surface area contributed by atoms with Crippen molar-refractivity contribution in [3.8, 4) is 44.5 Å². The van der Waals surface area contributed by atoms with Crippen LogP contribution in [-0.2, 0) is 0 Å². The minimum atomic E-state index is 1.27. The fourth-order valence-corrected chi connectivity index (χ4v) is 5.06. The van der Waals surface area contributed by atoms with Gasteiger partial charge in [0.25, 0.3) is 0 Å². The van der Waals surface area contributed by atoms with Crippen molar-refractivity contribution in [2.75, 3.05) is 0 Å². The van der Waals surface area contributed by atoms with Crippen LogP contribution in [0.15, 0.2) is 146 Å². The van der Waals surface area contributed by atoms with Gasteiger partial charge in [0.15, 0.2) is 0 Å². The van der Waals surface area contributed by atoms with Gasteiger partial charge < -0.3 is 0 Å². The molecule has 6 aromatic rings. The Morgan fingerprint density at radius 2 is 0.425 bits per heavy atom. The molecule has 0 fully saturated rings. The first-order valence-electron chi connectivity index (χ1n) is 14.0. The summed E-state index contributed by atoms with van der Waals surface area (Å²) in [5.41, 5.74) is 15.7. The number of benzene rings is 6. The standard InChI is InChI=1S/2C20H18/c2*1-15-13-19(17-9-5-3-6-10-17)20(14-16(15)2)18-11-7-4-8-12-18/h2*3-14H,1-2H3. The number of hydrogen-bond donors (Lipinski definition) is 0. The molecule has 0 aliphatic carbocycles. The lowest BCUT2D eigenvalue weighted by Crippen LogP contribution is -1.90. The molecule has 0 atom stereocenters. The van der Waals surface area contributed by atoms with E-state index in [4.69, 9.17) is 0 Å². The molecule has 0 heteroatoms. The molecule has 0 saturated carbocycles. The maximum Gasteiger partial charge on any atom is -0.0103 e. The van der Waals surface area contributed by atoms with Gasteiger partial charge in [0.1, 0.15) is 0 Å². The number of aryl methyl sites for hydroxylation is 4. The van der Waals surface area contributed by atoms with E-state index in [0.717, 1.165) is 0 Å². The van der Waals surface area contributed by atoms with Crippen LogP contribution in [0.25, 0.3) is 44.5 Å². The topological polar surface area (TPSA) is 0 Å². The number of rotatable bonds is 4. The molecule has 0 aromatic heterocycles. The molecule has 0 N–H and O–H groups in total. The van der Waals surface area contributed by atoms with Gasteiger partial charge in [0.05, 0.1) is 0 Å². The summed E-state index contributed by atoms with van der Waals surface area (Å²) in [4.78, 5) is 0. The lowest BCUT2D eigenvalue weighted by atomic mass is 9.91. The third-order valence-corrected chi connectivity index (χ3v) is 7.61. The van der Waals surface area contributed by atoms with E-state index in [9.17, 15) is 0 Å². The van der Waals surface area contributed by atoms with Crippen LogP contribution in [-0.4, -0.2) is 0 Å². The van der Waals surface area contributed by atoms with Crippen LogP contribution >= 0.6 is 0 Å². The van der Waals surface area contributed by atoms with E-state index in [-0.39, 0.29) is 0 Å². The van der Waals surface area contributed by atoms with E-state index in [1.165, 1.54) is 66.8 Å². The monoisotopic (exact) mass is 516 g/mol. The zero-order chi connectivity index (χ0) is 27.9. The van der Waals surface area contributed by atoms with Crippen LogP contribution in [0.4, 0.5) is 0 Å². The first-order valence-corrected chi connectivity index (χ1v) is 14.0. The molecule has 0 aliphatic heterocycles. The Morgan fingerprint density at radius 1 is 0.250 bits per heavy atom. The minimum absolute atomic E-state index is 1.27. The summed E-state index contributed by atoms with van der Waals surface area (Å²) < 4.78 is 0. The lowest BCUT2D eigenvalue weighted by Gasteiger charge is -2.13. The highest BCUT2D eigenvalue weighted by Crippen LogP contribution is 2.35. The Hall–Kier alpha value is -4.68. The lowest BCUT2D eigenvalue weighted by molar-refractivity contribution is 1.34. The Kier molecular flexibility index (Phi) is 8.38. The molecule has 0 saturated heterocycles. The molecule has 0 nitrogen and oxygen atoms in total. The average Bonchev–Trinajstić information content (AvgIpc) is 3.01. The van der Waals surface area contributed by atoms with E-state index in [1.807, 2.05) is 0 Å². The van der Waals surface area contributed by atoms with Gasteiger partial charge in [-0.3, -0.25) is 0 Å². The molecular weight excluding hydrogens is 480 g/mol. The summed E-state index contributed by atoms with van der Waals surface area (Å²) in [6, 6.07) is 51.6. The molecule has 0 bridgehead atoms. The predicted molar refractivity (Wildman–Crippen MR) is 174 cm³/mol. The second kappa shape index (κ2) is 12.5. The van der Waals surface area contributed by atoms with Crippen LogP contribution in [0.3, 0.4) is 0 Å². The largest absolute Gasteiger partial charge is 0.0622 e. The molecule has 6 rings (SSSR count). The van der Waals surface area contributed by atoms with E-state index in [1.54, 1.807) is 0 Å². The summed E-state index contributed by atoms with van der Waals surface area (Å²) in [6.07, 6.45) is 0. The van der Waals surface area contributed by atoms with Crippen LogP contribution in [0.1, 0.15) is 22.3 Å². The quantitative estimate of drug-likeness (QED) is 0.218. The van der Waals surface area contributed by atoms with E-state index in [0.29, 0.717) is 0 Å². The van der Waals surface area contributed by atoms with Crippen LogP contribution in [0.2, 0.25) is 0 Å². The van der Waals surface area contributed by atoms with Gasteiger partial charge in [-0.15, -0.1) is 0 Å². The second-order valence-electron chi connectivity index (χ2n) is 10.4. The van der Waals surface area contributed by atoms with Gasteiger partial charge in [-0.2, -0.15) is 0 Å². The van der Waals surface area contributed by atoms with Crippen molar-refractivity contribution in [2.24, 2.45) is 0 Å². The third-order valence-electron chi connectivity index (χ3n) is 7.61. The van der Waals surface area contributed by atoms with Crippen molar-refractivity contribution in [2.45, 2.75) is 27.7 Å². The van der Waals surface area contributed by atoms with Crippen molar-refractivity contribution in [1.82, 2.24) is 0 Å². The molecule has 0 amide bonds. The molecule has 6 aromatic carbocycles. The fourth-order valence-electron chi connectivity index (χ4n) is 5.06. The van der Waals surface area contributed by atoms with Gasteiger partial charge in [-0.05, 0) is 94.5 Å². The molecule has 0 heterocycles. The highest BCUT2D eigenvalue weighted by atomic mass is 14.1. The molecule has 0 spiro atoms. The fraction of sp³-hybridized carbons (Fsp3) is 0.100. The number of hydrogen-bond acceptors (Lipinski definition) is 0. The Labute approximate surface area is 239 Å². The predicted octanol–water partition coefficient (Wildman–Crippen LogP) is 11.3. The van der Waals surface area contributed by atoms with Crippen LogP contribution in [0, 0.1) is 27.7 Å². The summed E-state index contributed by atoms with van der Waals surface area (Å²) in [6.45, 7) is 8.71. The summed E-state index contributed by atoms with van der Waals surface area (Å²) >= 11 is 0. The normalized spacial score (nSPS) is 10.5. The SMILES string of the molecule is Cc1cc(-c2ccccc2)c(-c2ccccc2)cc1C.Cc1cc(-c2ccccc2)c(-c2ccccc2)cc1C. The third kappa shape index (κ3) is 6.14. The smallest absolute Gasteiger partial charge is 0.0103 e. The van der Waals surface area contributed by atoms with Crippen molar-refractivity contribution in [3.63, 3.8) is 0 Å². The summed E-state index contributed by atoms with van der Waals surface area (Å²) in [7, 11) is 0. The zero-order valence-corrected chi connectivity index (χ0v) is 23.9. The van der Waals surface area contributed by atoms with Gasteiger partial charge in [0.2, 0.25) is 0 Å². The zero-order valence-electron chi connectivity index (χ0n) is 23.9. The molecule has 40 heavy (non-hydrogen) atoms. The highest BCUT2D eigenvalue weighted by Gasteiger charge is 2.10. The van der Waals surface area contributed by atoms with Gasteiger partial charge in [-0.25, -0.2) is 0 Å². The molecule has 196 valence electrons. The maximum atomic E-state index is 2.30. The Bertz CT molecular complexity index is 1420. The summed E-state index contributed by atoms with van der Waals surface area (Å²) in [5.74, 6) is 0. The van der Waals surface area contributed by atoms with E-state index < -0.39 is 0 Å². The Balaban J connectivity index is 0.000000161. The van der Waals surface area contributed by atoms with Crippen LogP contribution in [0.5, 0.6) is 0 Å². The second-order valence-corrected chi connectivity index (χ2v) is 10.4. The van der Waals surface area contributed by atoms with Gasteiger partial charge in [0, 0.05) is 0 Å². The molecule has 0 aliphatic rings. The molecule has 0 unspecified atom stereocenters. The first kappa shape index (κ1) is 26.9. The van der Waals surface area contributed by atoms with E-state index in [2.05, 4.69) is 173 Å². The van der Waals surface area contributed by atoms with Gasteiger partial charge in [-0.1, -0.05) is 146 Å². The minimum Gasteiger partial charge on any atom is -0.0622 e. The first-order chi connectivity index (χ1) is 19.5. The van der Waals surface area contributed by atoms with Crippen molar-refractivity contribution < 1.29 is 0 Å².